The zero-order chi connectivity index (χ0) is 22.1. The highest BCUT2D eigenvalue weighted by Gasteiger charge is 2.55. The number of sulfone groups is 1. The normalized spacial score (nSPS) is 21.3. The molecule has 0 bridgehead atoms. The van der Waals surface area contributed by atoms with Gasteiger partial charge in [-0.1, -0.05) is 23.8 Å². The van der Waals surface area contributed by atoms with Gasteiger partial charge in [-0.2, -0.15) is 0 Å². The molecule has 6 nitrogen and oxygen atoms in total. The van der Waals surface area contributed by atoms with Gasteiger partial charge in [-0.25, -0.2) is 12.8 Å². The molecule has 1 N–H and O–H groups in total. The minimum Gasteiger partial charge on any atom is -0.480 e. The summed E-state index contributed by atoms with van der Waals surface area (Å²) in [6, 6.07) is 9.18. The number of benzene rings is 2. The van der Waals surface area contributed by atoms with Crippen molar-refractivity contribution in [3.8, 4) is 0 Å². The van der Waals surface area contributed by atoms with Gasteiger partial charge in [0.2, 0.25) is 0 Å². The molecule has 0 saturated carbocycles. The van der Waals surface area contributed by atoms with Gasteiger partial charge >= 0.3 is 5.97 Å². The molecule has 1 aliphatic rings. The lowest BCUT2D eigenvalue weighted by molar-refractivity contribution is -0.138. The van der Waals surface area contributed by atoms with E-state index in [-0.39, 0.29) is 17.9 Å². The third-order valence-corrected chi connectivity index (χ3v) is 8.36. The lowest BCUT2D eigenvalue weighted by Gasteiger charge is -2.47. The van der Waals surface area contributed by atoms with E-state index >= 15 is 0 Å². The fraction of sp³-hybridized carbons (Fsp3) is 0.364. The lowest BCUT2D eigenvalue weighted by Crippen LogP contribution is -2.57. The number of carbonyl (C=O) groups excluding carboxylic acids is 1. The van der Waals surface area contributed by atoms with Crippen LogP contribution in [-0.4, -0.2) is 50.3 Å². The Hall–Kier alpha value is -2.58. The van der Waals surface area contributed by atoms with E-state index in [0.29, 0.717) is 24.7 Å². The molecule has 3 rings (SSSR count). The zero-order valence-electron chi connectivity index (χ0n) is 16.8. The van der Waals surface area contributed by atoms with Gasteiger partial charge in [0, 0.05) is 12.5 Å². The number of aryl methyl sites for hydroxylation is 2. The van der Waals surface area contributed by atoms with Crippen LogP contribution in [0, 0.1) is 12.7 Å². The second-order valence-corrected chi connectivity index (χ2v) is 9.95. The van der Waals surface area contributed by atoms with Gasteiger partial charge in [-0.15, -0.1) is 0 Å². The largest absolute Gasteiger partial charge is 0.480 e. The van der Waals surface area contributed by atoms with Crippen molar-refractivity contribution in [2.45, 2.75) is 41.9 Å². The van der Waals surface area contributed by atoms with Crippen molar-refractivity contribution in [1.29, 1.82) is 0 Å². The number of nitrogens with zero attached hydrogens (tertiary/aromatic N) is 1. The third kappa shape index (κ3) is 3.65. The van der Waals surface area contributed by atoms with Crippen LogP contribution in [0.25, 0.3) is 0 Å². The Morgan fingerprint density at radius 1 is 1.27 bits per heavy atom. The van der Waals surface area contributed by atoms with Crippen LogP contribution in [0.15, 0.2) is 47.4 Å². The smallest absolute Gasteiger partial charge is 0.317 e. The van der Waals surface area contributed by atoms with Crippen molar-refractivity contribution in [3.63, 3.8) is 0 Å². The fourth-order valence-electron chi connectivity index (χ4n) is 4.57. The van der Waals surface area contributed by atoms with Crippen molar-refractivity contribution in [2.24, 2.45) is 0 Å². The topological polar surface area (TPSA) is 91.8 Å². The number of aldehydes is 1. The van der Waals surface area contributed by atoms with Crippen molar-refractivity contribution in [3.05, 3.63) is 65.0 Å². The van der Waals surface area contributed by atoms with E-state index in [2.05, 4.69) is 0 Å². The molecular weight excluding hydrogens is 409 g/mol. The summed E-state index contributed by atoms with van der Waals surface area (Å²) < 4.78 is 39.8. The van der Waals surface area contributed by atoms with Crippen LogP contribution in [0.5, 0.6) is 0 Å². The number of hydrogen-bond donors (Lipinski definition) is 1. The first-order valence-electron chi connectivity index (χ1n) is 9.59. The Balaban J connectivity index is 2.32. The summed E-state index contributed by atoms with van der Waals surface area (Å²) in [4.78, 5) is 24.6. The maximum Gasteiger partial charge on any atom is 0.317 e. The van der Waals surface area contributed by atoms with Crippen LogP contribution < -0.4 is 0 Å². The maximum atomic E-state index is 14.0. The monoisotopic (exact) mass is 433 g/mol. The second-order valence-electron chi connectivity index (χ2n) is 7.74. The average Bonchev–Trinajstić information content (AvgIpc) is 2.67. The summed E-state index contributed by atoms with van der Waals surface area (Å²) >= 11 is 0. The highest BCUT2D eigenvalue weighted by Crippen LogP contribution is 2.48. The van der Waals surface area contributed by atoms with Crippen LogP contribution >= 0.6 is 0 Å². The molecule has 0 radical (unpaired) electrons. The molecule has 0 fully saturated rings. The minimum absolute atomic E-state index is 0.104. The summed E-state index contributed by atoms with van der Waals surface area (Å²) in [5.74, 6) is -1.66. The maximum absolute atomic E-state index is 14.0. The molecule has 30 heavy (non-hydrogen) atoms. The van der Waals surface area contributed by atoms with Gasteiger partial charge in [0.15, 0.2) is 9.84 Å². The van der Waals surface area contributed by atoms with E-state index in [1.165, 1.54) is 17.0 Å². The Bertz CT molecular complexity index is 1070. The lowest BCUT2D eigenvalue weighted by atomic mass is 9.75. The molecule has 2 aromatic carbocycles. The number of halogens is 1. The number of carbonyl (C=O) groups is 2. The van der Waals surface area contributed by atoms with Gasteiger partial charge in [0.25, 0.3) is 0 Å². The van der Waals surface area contributed by atoms with Gasteiger partial charge in [0.05, 0.1) is 11.4 Å². The van der Waals surface area contributed by atoms with E-state index < -0.39 is 32.4 Å². The van der Waals surface area contributed by atoms with Gasteiger partial charge in [-0.05, 0) is 62.2 Å². The average molecular weight is 434 g/mol. The predicted octanol–water partition coefficient (Wildman–Crippen LogP) is 2.72. The van der Waals surface area contributed by atoms with Crippen LogP contribution in [0.2, 0.25) is 0 Å². The summed E-state index contributed by atoms with van der Waals surface area (Å²) in [7, 11) is -2.64. The minimum atomic E-state index is -4.19. The molecule has 0 aromatic heterocycles. The van der Waals surface area contributed by atoms with Crippen LogP contribution in [0.3, 0.4) is 0 Å². The van der Waals surface area contributed by atoms with E-state index in [4.69, 9.17) is 0 Å². The molecule has 0 saturated heterocycles. The Morgan fingerprint density at radius 2 is 1.93 bits per heavy atom. The Labute approximate surface area is 175 Å². The fourth-order valence-corrected chi connectivity index (χ4v) is 6.92. The molecular formula is C22H24FNO5S. The summed E-state index contributed by atoms with van der Waals surface area (Å²) in [5.41, 5.74) is 2.28. The standard InChI is InChI=1S/C22H24FNO5S/c1-15-3-9-19-16(13-15)4-10-20(24(2)14-21(26)27)22(19,11-12-25)30(28,29)18-7-5-17(23)6-8-18/h3,5-9,12-13,20H,4,10-11,14H2,1-2H3,(H,26,27). The molecule has 2 unspecified atom stereocenters. The van der Waals surface area contributed by atoms with Crippen molar-refractivity contribution >= 4 is 22.1 Å². The summed E-state index contributed by atoms with van der Waals surface area (Å²) in [6.45, 7) is 1.53. The Morgan fingerprint density at radius 3 is 2.53 bits per heavy atom. The highest BCUT2D eigenvalue weighted by atomic mass is 32.2. The molecule has 160 valence electrons. The molecule has 0 amide bonds. The van der Waals surface area contributed by atoms with Crippen molar-refractivity contribution in [1.82, 2.24) is 4.90 Å². The number of rotatable bonds is 7. The SMILES string of the molecule is Cc1ccc2c(c1)CCC(N(C)CC(=O)O)C2(CC=O)S(=O)(=O)c1ccc(F)cc1. The molecule has 8 heteroatoms. The quantitative estimate of drug-likeness (QED) is 0.533. The van der Waals surface area contributed by atoms with Crippen LogP contribution in [0.4, 0.5) is 4.39 Å². The number of aliphatic carboxylic acids is 1. The first-order valence-corrected chi connectivity index (χ1v) is 11.1. The summed E-state index contributed by atoms with van der Waals surface area (Å²) in [6.07, 6.45) is 1.16. The molecule has 0 heterocycles. The van der Waals surface area contributed by atoms with E-state index in [0.717, 1.165) is 23.3 Å². The third-order valence-electron chi connectivity index (χ3n) is 5.85. The van der Waals surface area contributed by atoms with Crippen LogP contribution in [0.1, 0.15) is 29.5 Å². The zero-order valence-corrected chi connectivity index (χ0v) is 17.7. The second kappa shape index (κ2) is 8.28. The van der Waals surface area contributed by atoms with Crippen molar-refractivity contribution < 1.29 is 27.5 Å². The van der Waals surface area contributed by atoms with Crippen LogP contribution in [-0.2, 0) is 30.6 Å². The first kappa shape index (κ1) is 22.1. The van der Waals surface area contributed by atoms with E-state index in [1.807, 2.05) is 13.0 Å². The molecule has 1 aliphatic carbocycles. The summed E-state index contributed by atoms with van der Waals surface area (Å²) in [5, 5.41) is 9.29. The van der Waals surface area contributed by atoms with E-state index in [9.17, 15) is 27.5 Å². The number of carboxylic acid groups (broad SMARTS) is 1. The first-order chi connectivity index (χ1) is 14.1. The number of fused-ring (bicyclic) bond motifs is 1. The number of carboxylic acids is 1. The predicted molar refractivity (Wildman–Crippen MR) is 109 cm³/mol. The molecule has 2 aromatic rings. The van der Waals surface area contributed by atoms with Gasteiger partial charge in [0.1, 0.15) is 16.9 Å². The van der Waals surface area contributed by atoms with Gasteiger partial charge < -0.3 is 9.90 Å². The molecule has 0 aliphatic heterocycles. The van der Waals surface area contributed by atoms with E-state index in [1.54, 1.807) is 19.2 Å². The molecule has 0 spiro atoms. The Kier molecular flexibility index (Phi) is 6.10. The van der Waals surface area contributed by atoms with Gasteiger partial charge in [-0.3, -0.25) is 9.69 Å². The number of likely N-dealkylation sites (N-methyl/N-ethyl adjacent to an activating group) is 1. The van der Waals surface area contributed by atoms with Crippen molar-refractivity contribution in [2.75, 3.05) is 13.6 Å². The molecule has 2 atom stereocenters. The number of hydrogen-bond acceptors (Lipinski definition) is 5. The highest BCUT2D eigenvalue weighted by molar-refractivity contribution is 7.92.